The lowest BCUT2D eigenvalue weighted by Crippen LogP contribution is -2.59. The first-order valence-electron chi connectivity index (χ1n) is 5.60. The molecule has 0 bridgehead atoms. The Morgan fingerprint density at radius 1 is 1.29 bits per heavy atom. The van der Waals surface area contributed by atoms with Crippen LogP contribution in [0.4, 0.5) is 4.79 Å². The van der Waals surface area contributed by atoms with Crippen LogP contribution >= 0.6 is 0 Å². The van der Waals surface area contributed by atoms with Crippen LogP contribution in [0, 0.1) is 0 Å². The molecule has 7 heteroatoms. The van der Waals surface area contributed by atoms with Crippen LogP contribution in [0.15, 0.2) is 0 Å². The number of carbonyl (C=O) groups excluding carboxylic acids is 1. The molecule has 0 aromatic carbocycles. The predicted octanol–water partition coefficient (Wildman–Crippen LogP) is -0.682. The molecule has 96 valence electrons. The van der Waals surface area contributed by atoms with Gasteiger partial charge in [0, 0.05) is 19.6 Å². The van der Waals surface area contributed by atoms with Gasteiger partial charge in [0.15, 0.2) is 5.54 Å². The van der Waals surface area contributed by atoms with Crippen LogP contribution in [0.1, 0.15) is 12.8 Å². The number of nitrogens with one attached hydrogen (secondary N) is 2. The molecule has 3 N–H and O–H groups in total. The second kappa shape index (κ2) is 4.89. The van der Waals surface area contributed by atoms with Gasteiger partial charge >= 0.3 is 12.0 Å². The lowest BCUT2D eigenvalue weighted by atomic mass is 9.99. The summed E-state index contributed by atoms with van der Waals surface area (Å²) in [6.45, 7) is 1.46. The molecule has 0 spiro atoms. The minimum atomic E-state index is -1.29. The fourth-order valence-corrected chi connectivity index (χ4v) is 1.97. The smallest absolute Gasteiger partial charge is 0.332 e. The highest BCUT2D eigenvalue weighted by molar-refractivity contribution is 5.86. The van der Waals surface area contributed by atoms with Gasteiger partial charge in [-0.15, -0.1) is 0 Å². The first kappa shape index (κ1) is 12.1. The van der Waals surface area contributed by atoms with E-state index >= 15 is 0 Å². The number of ether oxygens (including phenoxy) is 2. The summed E-state index contributed by atoms with van der Waals surface area (Å²) in [5.41, 5.74) is -1.29. The van der Waals surface area contributed by atoms with Crippen LogP contribution in [-0.2, 0) is 14.3 Å². The van der Waals surface area contributed by atoms with Crippen molar-refractivity contribution in [1.29, 1.82) is 0 Å². The van der Waals surface area contributed by atoms with E-state index < -0.39 is 17.5 Å². The van der Waals surface area contributed by atoms with Crippen molar-refractivity contribution in [3.63, 3.8) is 0 Å². The van der Waals surface area contributed by atoms with Gasteiger partial charge in [-0.3, -0.25) is 0 Å². The molecule has 2 saturated heterocycles. The van der Waals surface area contributed by atoms with Gasteiger partial charge in [0.05, 0.1) is 19.3 Å². The third-order valence-corrected chi connectivity index (χ3v) is 3.05. The quantitative estimate of drug-likeness (QED) is 0.611. The Morgan fingerprint density at radius 2 is 2.12 bits per heavy atom. The minimum absolute atomic E-state index is 0.0108. The molecule has 2 heterocycles. The van der Waals surface area contributed by atoms with E-state index in [2.05, 4.69) is 10.6 Å². The topological polar surface area (TPSA) is 96.9 Å². The molecule has 2 fully saturated rings. The van der Waals surface area contributed by atoms with Gasteiger partial charge in [-0.05, 0) is 6.42 Å². The van der Waals surface area contributed by atoms with Crippen LogP contribution in [0.2, 0.25) is 0 Å². The summed E-state index contributed by atoms with van der Waals surface area (Å²) < 4.78 is 10.2. The number of carboxylic acids is 1. The maximum Gasteiger partial charge on any atom is 0.332 e. The first-order chi connectivity index (χ1) is 8.12. The summed E-state index contributed by atoms with van der Waals surface area (Å²) in [7, 11) is 0. The van der Waals surface area contributed by atoms with E-state index in [1.165, 1.54) is 0 Å². The molecule has 2 unspecified atom stereocenters. The maximum atomic E-state index is 11.7. The summed E-state index contributed by atoms with van der Waals surface area (Å²) in [4.78, 5) is 22.8. The SMILES string of the molecule is O=C(NC1CCOC1)NC1(C(=O)O)CCOC1. The molecule has 17 heavy (non-hydrogen) atoms. The van der Waals surface area contributed by atoms with E-state index in [4.69, 9.17) is 14.6 Å². The Balaban J connectivity index is 1.89. The predicted molar refractivity (Wildman–Crippen MR) is 56.7 cm³/mol. The van der Waals surface area contributed by atoms with Crippen molar-refractivity contribution >= 4 is 12.0 Å². The number of hydrogen-bond donors (Lipinski definition) is 3. The third-order valence-electron chi connectivity index (χ3n) is 3.05. The summed E-state index contributed by atoms with van der Waals surface area (Å²) in [6, 6.07) is -0.517. The molecule has 2 amide bonds. The molecule has 2 atom stereocenters. The largest absolute Gasteiger partial charge is 0.479 e. The highest BCUT2D eigenvalue weighted by Gasteiger charge is 2.44. The van der Waals surface area contributed by atoms with Crippen molar-refractivity contribution in [2.45, 2.75) is 24.4 Å². The number of amides is 2. The van der Waals surface area contributed by atoms with E-state index in [0.717, 1.165) is 6.42 Å². The van der Waals surface area contributed by atoms with Crippen LogP contribution in [0.5, 0.6) is 0 Å². The monoisotopic (exact) mass is 244 g/mol. The van der Waals surface area contributed by atoms with Crippen molar-refractivity contribution in [3.8, 4) is 0 Å². The van der Waals surface area contributed by atoms with Crippen molar-refractivity contribution < 1.29 is 24.2 Å². The number of hydrogen-bond acceptors (Lipinski definition) is 4. The normalized spacial score (nSPS) is 32.4. The van der Waals surface area contributed by atoms with Crippen LogP contribution in [0.25, 0.3) is 0 Å². The van der Waals surface area contributed by atoms with Gasteiger partial charge in [-0.2, -0.15) is 0 Å². The van der Waals surface area contributed by atoms with Crippen molar-refractivity contribution in [2.75, 3.05) is 26.4 Å². The number of carbonyl (C=O) groups is 2. The number of carboxylic acid groups (broad SMARTS) is 1. The van der Waals surface area contributed by atoms with Crippen molar-refractivity contribution in [3.05, 3.63) is 0 Å². The number of urea groups is 1. The maximum absolute atomic E-state index is 11.7. The lowest BCUT2D eigenvalue weighted by molar-refractivity contribution is -0.144. The molecule has 0 saturated carbocycles. The Labute approximate surface area is 98.5 Å². The lowest BCUT2D eigenvalue weighted by Gasteiger charge is -2.24. The summed E-state index contributed by atoms with van der Waals surface area (Å²) in [5.74, 6) is -1.06. The fraction of sp³-hybridized carbons (Fsp3) is 0.800. The Hall–Kier alpha value is -1.34. The van der Waals surface area contributed by atoms with E-state index in [9.17, 15) is 9.59 Å². The minimum Gasteiger partial charge on any atom is -0.479 e. The molecule has 2 aliphatic heterocycles. The van der Waals surface area contributed by atoms with E-state index in [-0.39, 0.29) is 19.1 Å². The zero-order chi connectivity index (χ0) is 12.3. The fourth-order valence-electron chi connectivity index (χ4n) is 1.97. The van der Waals surface area contributed by atoms with E-state index in [0.29, 0.717) is 19.8 Å². The zero-order valence-corrected chi connectivity index (χ0v) is 9.40. The second-order valence-electron chi connectivity index (χ2n) is 4.35. The van der Waals surface area contributed by atoms with E-state index in [1.807, 2.05) is 0 Å². The molecule has 0 aliphatic carbocycles. The van der Waals surface area contributed by atoms with Crippen molar-refractivity contribution in [1.82, 2.24) is 10.6 Å². The number of rotatable bonds is 3. The van der Waals surface area contributed by atoms with E-state index in [1.54, 1.807) is 0 Å². The first-order valence-corrected chi connectivity index (χ1v) is 5.60. The van der Waals surface area contributed by atoms with Gasteiger partial charge in [0.25, 0.3) is 0 Å². The van der Waals surface area contributed by atoms with Gasteiger partial charge in [-0.1, -0.05) is 0 Å². The molecule has 7 nitrogen and oxygen atoms in total. The summed E-state index contributed by atoms with van der Waals surface area (Å²) in [6.07, 6.45) is 1.04. The van der Waals surface area contributed by atoms with Gasteiger partial charge in [0.2, 0.25) is 0 Å². The number of aliphatic carboxylic acids is 1. The van der Waals surface area contributed by atoms with Crippen LogP contribution in [0.3, 0.4) is 0 Å². The molecule has 0 radical (unpaired) electrons. The van der Waals surface area contributed by atoms with Crippen LogP contribution < -0.4 is 10.6 Å². The molecular formula is C10H16N2O5. The molecule has 0 aromatic heterocycles. The Morgan fingerprint density at radius 3 is 2.65 bits per heavy atom. The highest BCUT2D eigenvalue weighted by Crippen LogP contribution is 2.18. The third kappa shape index (κ3) is 2.67. The molecule has 0 aromatic rings. The highest BCUT2D eigenvalue weighted by atomic mass is 16.5. The summed E-state index contributed by atoms with van der Waals surface area (Å²) in [5, 5.41) is 14.3. The van der Waals surface area contributed by atoms with Crippen LogP contribution in [-0.4, -0.2) is 55.1 Å². The summed E-state index contributed by atoms with van der Waals surface area (Å²) >= 11 is 0. The molecule has 2 rings (SSSR count). The zero-order valence-electron chi connectivity index (χ0n) is 9.40. The average molecular weight is 244 g/mol. The Bertz CT molecular complexity index is 308. The van der Waals surface area contributed by atoms with Gasteiger partial charge < -0.3 is 25.2 Å². The standard InChI is InChI=1S/C10H16N2O5/c13-8(14)10(2-4-17-6-10)12-9(15)11-7-1-3-16-5-7/h7H,1-6H2,(H,13,14)(H2,11,12,15). The average Bonchev–Trinajstić information content (AvgIpc) is 2.89. The molecular weight excluding hydrogens is 228 g/mol. The second-order valence-corrected chi connectivity index (χ2v) is 4.35. The molecule has 2 aliphatic rings. The van der Waals surface area contributed by atoms with Gasteiger partial charge in [-0.25, -0.2) is 9.59 Å². The van der Waals surface area contributed by atoms with Crippen molar-refractivity contribution in [2.24, 2.45) is 0 Å². The van der Waals surface area contributed by atoms with Gasteiger partial charge in [0.1, 0.15) is 0 Å². The Kier molecular flexibility index (Phi) is 3.49.